The molecular weight excluding hydrogens is 358 g/mol. The zero-order chi connectivity index (χ0) is 19.3. The van der Waals surface area contributed by atoms with Crippen LogP contribution in [0.25, 0.3) is 0 Å². The van der Waals surface area contributed by atoms with E-state index in [2.05, 4.69) is 20.2 Å². The normalized spacial score (nSPS) is 16.9. The summed E-state index contributed by atoms with van der Waals surface area (Å²) in [5.74, 6) is 0.396. The molecule has 0 saturated carbocycles. The van der Waals surface area contributed by atoms with Gasteiger partial charge in [0.1, 0.15) is 17.5 Å². The Kier molecular flexibility index (Phi) is 5.78. The Labute approximate surface area is 163 Å². The van der Waals surface area contributed by atoms with Gasteiger partial charge in [-0.2, -0.15) is 0 Å². The third kappa shape index (κ3) is 4.64. The standard InChI is InChI=1S/C22H24F2N4/c23-18-5-1-16(2-6-18)15-28-13-9-20(10-14-28)27-21(22-25-11-12-26-22)17-3-7-19(24)8-4-17/h1-8,11-12,20-21,27H,9-10,13-15H2,(H,25,26). The van der Waals surface area contributed by atoms with Crippen molar-refractivity contribution < 1.29 is 8.78 Å². The molecule has 28 heavy (non-hydrogen) atoms. The zero-order valence-electron chi connectivity index (χ0n) is 15.6. The van der Waals surface area contributed by atoms with Crippen molar-refractivity contribution in [2.45, 2.75) is 31.5 Å². The van der Waals surface area contributed by atoms with Crippen LogP contribution in [0.4, 0.5) is 8.78 Å². The number of halogens is 2. The molecule has 2 aromatic carbocycles. The summed E-state index contributed by atoms with van der Waals surface area (Å²) in [5.41, 5.74) is 2.12. The summed E-state index contributed by atoms with van der Waals surface area (Å²) >= 11 is 0. The average molecular weight is 382 g/mol. The van der Waals surface area contributed by atoms with Crippen LogP contribution < -0.4 is 5.32 Å². The highest BCUT2D eigenvalue weighted by molar-refractivity contribution is 5.25. The number of imidazole rings is 1. The Morgan fingerprint density at radius 3 is 2.25 bits per heavy atom. The van der Waals surface area contributed by atoms with Gasteiger partial charge in [-0.15, -0.1) is 0 Å². The van der Waals surface area contributed by atoms with Crippen molar-refractivity contribution in [3.63, 3.8) is 0 Å². The van der Waals surface area contributed by atoms with Gasteiger partial charge in [-0.05, 0) is 61.3 Å². The number of benzene rings is 2. The van der Waals surface area contributed by atoms with Crippen LogP contribution >= 0.6 is 0 Å². The first-order valence-corrected chi connectivity index (χ1v) is 9.65. The van der Waals surface area contributed by atoms with Crippen LogP contribution in [0.5, 0.6) is 0 Å². The van der Waals surface area contributed by atoms with Crippen molar-refractivity contribution in [2.24, 2.45) is 0 Å². The number of nitrogens with one attached hydrogen (secondary N) is 2. The molecule has 1 fully saturated rings. The molecule has 0 bridgehead atoms. The number of hydrogen-bond donors (Lipinski definition) is 2. The second-order valence-corrected chi connectivity index (χ2v) is 7.30. The molecule has 0 spiro atoms. The molecule has 2 N–H and O–H groups in total. The van der Waals surface area contributed by atoms with Gasteiger partial charge in [0.2, 0.25) is 0 Å². The van der Waals surface area contributed by atoms with Gasteiger partial charge in [0, 0.05) is 25.0 Å². The van der Waals surface area contributed by atoms with Crippen LogP contribution in [0.1, 0.15) is 35.8 Å². The van der Waals surface area contributed by atoms with Crippen LogP contribution in [-0.4, -0.2) is 34.0 Å². The molecule has 3 aromatic rings. The van der Waals surface area contributed by atoms with E-state index in [4.69, 9.17) is 0 Å². The second-order valence-electron chi connectivity index (χ2n) is 7.30. The van der Waals surface area contributed by atoms with Crippen molar-refractivity contribution in [2.75, 3.05) is 13.1 Å². The molecule has 1 atom stereocenters. The third-order valence-electron chi connectivity index (χ3n) is 5.31. The first-order chi connectivity index (χ1) is 13.7. The minimum Gasteiger partial charge on any atom is -0.347 e. The monoisotopic (exact) mass is 382 g/mol. The van der Waals surface area contributed by atoms with E-state index in [1.807, 2.05) is 12.1 Å². The number of rotatable bonds is 6. The minimum absolute atomic E-state index is 0.0933. The summed E-state index contributed by atoms with van der Waals surface area (Å²) in [6.45, 7) is 2.79. The predicted octanol–water partition coefficient (Wildman–Crippen LogP) is 4.03. The highest BCUT2D eigenvalue weighted by atomic mass is 19.1. The summed E-state index contributed by atoms with van der Waals surface area (Å²) in [4.78, 5) is 9.98. The highest BCUT2D eigenvalue weighted by Gasteiger charge is 2.24. The summed E-state index contributed by atoms with van der Waals surface area (Å²) in [6.07, 6.45) is 5.57. The molecule has 4 rings (SSSR count). The maximum Gasteiger partial charge on any atom is 0.127 e. The molecule has 0 aliphatic carbocycles. The number of aromatic nitrogens is 2. The summed E-state index contributed by atoms with van der Waals surface area (Å²) in [7, 11) is 0. The molecule has 1 aliphatic heterocycles. The van der Waals surface area contributed by atoms with E-state index < -0.39 is 0 Å². The highest BCUT2D eigenvalue weighted by Crippen LogP contribution is 2.23. The number of likely N-dealkylation sites (tertiary alicyclic amines) is 1. The van der Waals surface area contributed by atoms with Gasteiger partial charge in [0.15, 0.2) is 0 Å². The Morgan fingerprint density at radius 2 is 1.64 bits per heavy atom. The van der Waals surface area contributed by atoms with Crippen molar-refractivity contribution in [3.05, 3.63) is 89.5 Å². The summed E-state index contributed by atoms with van der Waals surface area (Å²) in [6, 6.07) is 13.6. The van der Waals surface area contributed by atoms with E-state index in [1.165, 1.54) is 24.3 Å². The van der Waals surface area contributed by atoms with Crippen LogP contribution in [-0.2, 0) is 6.54 Å². The molecule has 1 unspecified atom stereocenters. The molecule has 6 heteroatoms. The number of H-pyrrole nitrogens is 1. The van der Waals surface area contributed by atoms with Crippen LogP contribution in [0.15, 0.2) is 60.9 Å². The lowest BCUT2D eigenvalue weighted by Crippen LogP contribution is -2.43. The number of aromatic amines is 1. The largest absolute Gasteiger partial charge is 0.347 e. The lowest BCUT2D eigenvalue weighted by molar-refractivity contribution is 0.186. The fourth-order valence-electron chi connectivity index (χ4n) is 3.77. The van der Waals surface area contributed by atoms with E-state index in [0.717, 1.165) is 49.4 Å². The third-order valence-corrected chi connectivity index (χ3v) is 5.31. The fraction of sp³-hybridized carbons (Fsp3) is 0.318. The molecular formula is C22H24F2N4. The topological polar surface area (TPSA) is 44.0 Å². The lowest BCUT2D eigenvalue weighted by atomic mass is 10.00. The van der Waals surface area contributed by atoms with Crippen molar-refractivity contribution in [3.8, 4) is 0 Å². The average Bonchev–Trinajstić information content (AvgIpc) is 3.24. The SMILES string of the molecule is Fc1ccc(CN2CCC(NC(c3ccc(F)cc3)c3ncc[nH]3)CC2)cc1. The van der Waals surface area contributed by atoms with Gasteiger partial charge in [-0.25, -0.2) is 13.8 Å². The maximum absolute atomic E-state index is 13.3. The molecule has 146 valence electrons. The molecule has 1 aromatic heterocycles. The van der Waals surface area contributed by atoms with E-state index in [-0.39, 0.29) is 17.7 Å². The van der Waals surface area contributed by atoms with Gasteiger partial charge in [-0.3, -0.25) is 4.90 Å². The van der Waals surface area contributed by atoms with Crippen LogP contribution in [0, 0.1) is 11.6 Å². The fourth-order valence-corrected chi connectivity index (χ4v) is 3.77. The van der Waals surface area contributed by atoms with E-state index >= 15 is 0 Å². The number of piperidine rings is 1. The minimum atomic E-state index is -0.240. The zero-order valence-corrected chi connectivity index (χ0v) is 15.6. The maximum atomic E-state index is 13.3. The van der Waals surface area contributed by atoms with Gasteiger partial charge in [0.25, 0.3) is 0 Å². The van der Waals surface area contributed by atoms with Gasteiger partial charge < -0.3 is 10.3 Å². The summed E-state index contributed by atoms with van der Waals surface area (Å²) in [5, 5.41) is 3.69. The molecule has 0 radical (unpaired) electrons. The first kappa shape index (κ1) is 18.8. The van der Waals surface area contributed by atoms with Gasteiger partial charge in [-0.1, -0.05) is 24.3 Å². The summed E-state index contributed by atoms with van der Waals surface area (Å²) < 4.78 is 26.4. The van der Waals surface area contributed by atoms with Crippen molar-refractivity contribution >= 4 is 0 Å². The van der Waals surface area contributed by atoms with E-state index in [9.17, 15) is 8.78 Å². The second kappa shape index (κ2) is 8.63. The van der Waals surface area contributed by atoms with Crippen LogP contribution in [0.2, 0.25) is 0 Å². The van der Waals surface area contributed by atoms with Crippen LogP contribution in [0.3, 0.4) is 0 Å². The molecule has 1 saturated heterocycles. The quantitative estimate of drug-likeness (QED) is 0.677. The van der Waals surface area contributed by atoms with E-state index in [1.54, 1.807) is 24.5 Å². The van der Waals surface area contributed by atoms with Gasteiger partial charge in [0.05, 0.1) is 6.04 Å². The Hall–Kier alpha value is -2.57. The predicted molar refractivity (Wildman–Crippen MR) is 105 cm³/mol. The van der Waals surface area contributed by atoms with Gasteiger partial charge >= 0.3 is 0 Å². The molecule has 1 aliphatic rings. The lowest BCUT2D eigenvalue weighted by Gasteiger charge is -2.34. The first-order valence-electron chi connectivity index (χ1n) is 9.65. The number of hydrogen-bond acceptors (Lipinski definition) is 3. The molecule has 0 amide bonds. The van der Waals surface area contributed by atoms with Crippen molar-refractivity contribution in [1.82, 2.24) is 20.2 Å². The van der Waals surface area contributed by atoms with Crippen molar-refractivity contribution in [1.29, 1.82) is 0 Å². The number of nitrogens with zero attached hydrogens (tertiary/aromatic N) is 2. The van der Waals surface area contributed by atoms with E-state index in [0.29, 0.717) is 6.04 Å². The molecule has 4 nitrogen and oxygen atoms in total. The Morgan fingerprint density at radius 1 is 1.00 bits per heavy atom. The molecule has 2 heterocycles. The Balaban J connectivity index is 1.37. The smallest absolute Gasteiger partial charge is 0.127 e. The Bertz CT molecular complexity index is 855.